The Hall–Kier alpha value is -3.58. The molecule has 162 valence electrons. The van der Waals surface area contributed by atoms with Gasteiger partial charge in [0.15, 0.2) is 6.23 Å². The molecule has 0 saturated heterocycles. The third-order valence-corrected chi connectivity index (χ3v) is 5.03. The summed E-state index contributed by atoms with van der Waals surface area (Å²) in [6, 6.07) is 16.6. The zero-order chi connectivity index (χ0) is 22.5. The largest absolute Gasteiger partial charge is 0.496 e. The molecule has 0 fully saturated rings. The molecule has 1 unspecified atom stereocenters. The maximum absolute atomic E-state index is 11.8. The minimum absolute atomic E-state index is 0.406. The number of nitrogens with one attached hydrogen (secondary N) is 1. The van der Waals surface area contributed by atoms with E-state index < -0.39 is 24.3 Å². The van der Waals surface area contributed by atoms with Gasteiger partial charge in [-0.2, -0.15) is 0 Å². The van der Waals surface area contributed by atoms with Gasteiger partial charge in [0.05, 0.1) is 12.8 Å². The number of hydrogen-bond acceptors (Lipinski definition) is 5. The van der Waals surface area contributed by atoms with Gasteiger partial charge in [-0.25, -0.2) is 0 Å². The highest BCUT2D eigenvalue weighted by Gasteiger charge is 2.15. The maximum Gasteiger partial charge on any atom is 0.323 e. The molecule has 7 heteroatoms. The fourth-order valence-corrected chi connectivity index (χ4v) is 3.30. The van der Waals surface area contributed by atoms with Crippen molar-refractivity contribution in [1.29, 1.82) is 0 Å². The smallest absolute Gasteiger partial charge is 0.323 e. The van der Waals surface area contributed by atoms with Gasteiger partial charge in [0.25, 0.3) is 5.56 Å². The predicted octanol–water partition coefficient (Wildman–Crippen LogP) is 3.83. The summed E-state index contributed by atoms with van der Waals surface area (Å²) < 4.78 is 6.54. The minimum atomic E-state index is -1.13. The lowest BCUT2D eigenvalue weighted by Gasteiger charge is -2.19. The summed E-state index contributed by atoms with van der Waals surface area (Å²) >= 11 is 0. The number of rotatable bonds is 8. The Morgan fingerprint density at radius 1 is 1.06 bits per heavy atom. The average molecular weight is 422 g/mol. The van der Waals surface area contributed by atoms with Crippen LogP contribution in [0.2, 0.25) is 0 Å². The van der Waals surface area contributed by atoms with Crippen LogP contribution in [0.15, 0.2) is 65.6 Å². The van der Waals surface area contributed by atoms with Crippen LogP contribution in [0.5, 0.6) is 5.75 Å². The number of benzene rings is 2. The summed E-state index contributed by atoms with van der Waals surface area (Å²) in [5.41, 5.74) is 3.74. The molecule has 0 bridgehead atoms. The number of methoxy groups -OCH3 is 1. The molecule has 2 aromatic carbocycles. The Kier molecular flexibility index (Phi) is 6.77. The van der Waals surface area contributed by atoms with Crippen LogP contribution in [0, 0.1) is 0 Å². The van der Waals surface area contributed by atoms with Gasteiger partial charge in [0.2, 0.25) is 0 Å². The van der Waals surface area contributed by atoms with Gasteiger partial charge in [-0.1, -0.05) is 50.2 Å². The Labute approximate surface area is 180 Å². The van der Waals surface area contributed by atoms with E-state index in [0.717, 1.165) is 15.7 Å². The number of nitrogens with zero attached hydrogens (tertiary/aromatic N) is 1. The van der Waals surface area contributed by atoms with Gasteiger partial charge in [0.1, 0.15) is 12.3 Å². The molecule has 1 heterocycles. The van der Waals surface area contributed by atoms with E-state index in [4.69, 9.17) is 9.84 Å². The third kappa shape index (κ3) is 5.32. The summed E-state index contributed by atoms with van der Waals surface area (Å²) in [5, 5.41) is 22.5. The van der Waals surface area contributed by atoms with Crippen molar-refractivity contribution in [2.75, 3.05) is 12.4 Å². The van der Waals surface area contributed by atoms with E-state index in [0.29, 0.717) is 22.9 Å². The van der Waals surface area contributed by atoms with Gasteiger partial charge < -0.3 is 24.8 Å². The lowest BCUT2D eigenvalue weighted by atomic mass is 9.97. The first-order valence-corrected chi connectivity index (χ1v) is 9.93. The van der Waals surface area contributed by atoms with Crippen molar-refractivity contribution in [1.82, 2.24) is 4.57 Å². The molecule has 3 aromatic rings. The van der Waals surface area contributed by atoms with E-state index in [9.17, 15) is 14.7 Å². The molecule has 0 radical (unpaired) electrons. The number of ether oxygens (including phenoxy) is 1. The Bertz CT molecular complexity index is 1120. The van der Waals surface area contributed by atoms with Crippen LogP contribution in [-0.4, -0.2) is 27.9 Å². The second-order valence-corrected chi connectivity index (χ2v) is 7.56. The third-order valence-electron chi connectivity index (χ3n) is 5.03. The van der Waals surface area contributed by atoms with Gasteiger partial charge in [-0.05, 0) is 34.7 Å². The molecule has 3 N–H and O–H groups in total. The lowest BCUT2D eigenvalue weighted by Crippen LogP contribution is -2.23. The highest BCUT2D eigenvalue weighted by atomic mass is 16.5. The number of anilines is 1. The Morgan fingerprint density at radius 3 is 2.35 bits per heavy atom. The number of aliphatic hydroxyl groups excluding tert-OH is 1. The highest BCUT2D eigenvalue weighted by Crippen LogP contribution is 2.32. The number of aliphatic carboxylic acids is 1. The monoisotopic (exact) mass is 422 g/mol. The maximum atomic E-state index is 11.8. The first-order chi connectivity index (χ1) is 14.8. The Balaban J connectivity index is 1.84. The quantitative estimate of drug-likeness (QED) is 0.477. The van der Waals surface area contributed by atoms with Crippen molar-refractivity contribution in [2.45, 2.75) is 32.5 Å². The molecule has 7 nitrogen and oxygen atoms in total. The molecule has 31 heavy (non-hydrogen) atoms. The number of hydrogen-bond donors (Lipinski definition) is 3. The van der Waals surface area contributed by atoms with Crippen molar-refractivity contribution in [3.63, 3.8) is 0 Å². The SMILES string of the molecule is COc1cc(-c2ccc(C(C)C)cc2)ccc1C(O)Nc1ccc(=O)n(CC(=O)O)c1. The summed E-state index contributed by atoms with van der Waals surface area (Å²) in [7, 11) is 1.53. The molecule has 0 aliphatic rings. The van der Waals surface area contributed by atoms with Crippen LogP contribution in [0.25, 0.3) is 11.1 Å². The van der Waals surface area contributed by atoms with E-state index in [2.05, 4.69) is 43.4 Å². The summed E-state index contributed by atoms with van der Waals surface area (Å²) in [4.78, 5) is 22.7. The van der Waals surface area contributed by atoms with Crippen molar-refractivity contribution in [3.8, 4) is 16.9 Å². The predicted molar refractivity (Wildman–Crippen MR) is 119 cm³/mol. The summed E-state index contributed by atoms with van der Waals surface area (Å²) in [5.74, 6) is -0.167. The molecule has 0 saturated carbocycles. The van der Waals surface area contributed by atoms with Crippen LogP contribution in [0.3, 0.4) is 0 Å². The van der Waals surface area contributed by atoms with E-state index in [1.807, 2.05) is 12.1 Å². The van der Waals surface area contributed by atoms with Gasteiger partial charge in [-0.3, -0.25) is 9.59 Å². The zero-order valence-electron chi connectivity index (χ0n) is 17.7. The molecular weight excluding hydrogens is 396 g/mol. The normalized spacial score (nSPS) is 11.9. The van der Waals surface area contributed by atoms with Crippen LogP contribution in [0.4, 0.5) is 5.69 Å². The highest BCUT2D eigenvalue weighted by molar-refractivity contribution is 5.67. The molecular formula is C24H26N2O5. The summed E-state index contributed by atoms with van der Waals surface area (Å²) in [6.45, 7) is 3.84. The van der Waals surface area contributed by atoms with Crippen molar-refractivity contribution in [2.24, 2.45) is 0 Å². The number of carboxylic acid groups (broad SMARTS) is 1. The number of aromatic nitrogens is 1. The molecule has 0 amide bonds. The molecule has 1 aromatic heterocycles. The van der Waals surface area contributed by atoms with E-state index in [1.165, 1.54) is 31.0 Å². The zero-order valence-corrected chi connectivity index (χ0v) is 17.7. The van der Waals surface area contributed by atoms with E-state index in [1.54, 1.807) is 6.07 Å². The number of pyridine rings is 1. The first kappa shape index (κ1) is 22.1. The summed E-state index contributed by atoms with van der Waals surface area (Å²) in [6.07, 6.45) is 0.236. The first-order valence-electron chi connectivity index (χ1n) is 9.93. The van der Waals surface area contributed by atoms with Crippen molar-refractivity contribution >= 4 is 11.7 Å². The molecule has 0 aliphatic carbocycles. The molecule has 0 spiro atoms. The second kappa shape index (κ2) is 9.49. The molecule has 3 rings (SSSR count). The second-order valence-electron chi connectivity index (χ2n) is 7.56. The molecule has 0 aliphatic heterocycles. The van der Waals surface area contributed by atoms with Gasteiger partial charge in [0, 0.05) is 17.8 Å². The number of carboxylic acids is 1. The molecule has 1 atom stereocenters. The number of aliphatic hydroxyl groups is 1. The lowest BCUT2D eigenvalue weighted by molar-refractivity contribution is -0.137. The van der Waals surface area contributed by atoms with Crippen LogP contribution >= 0.6 is 0 Å². The van der Waals surface area contributed by atoms with Crippen LogP contribution in [-0.2, 0) is 11.3 Å². The van der Waals surface area contributed by atoms with Crippen molar-refractivity contribution in [3.05, 3.63) is 82.3 Å². The van der Waals surface area contributed by atoms with E-state index in [-0.39, 0.29) is 0 Å². The standard InChI is InChI=1S/C24H26N2O5/c1-15(2)16-4-6-17(7-5-16)18-8-10-20(21(12-18)31-3)24(30)25-19-9-11-22(27)26(13-19)14-23(28)29/h4-13,15,24-25,30H,14H2,1-3H3,(H,28,29). The van der Waals surface area contributed by atoms with E-state index >= 15 is 0 Å². The topological polar surface area (TPSA) is 101 Å². The van der Waals surface area contributed by atoms with Crippen LogP contribution in [0.1, 0.15) is 37.1 Å². The number of carbonyl (C=O) groups is 1. The van der Waals surface area contributed by atoms with Crippen molar-refractivity contribution < 1.29 is 19.7 Å². The average Bonchev–Trinajstić information content (AvgIpc) is 2.75. The van der Waals surface area contributed by atoms with Gasteiger partial charge in [-0.15, -0.1) is 0 Å². The minimum Gasteiger partial charge on any atom is -0.496 e. The fraction of sp³-hybridized carbons (Fsp3) is 0.250. The van der Waals surface area contributed by atoms with Gasteiger partial charge >= 0.3 is 5.97 Å². The Morgan fingerprint density at radius 2 is 1.74 bits per heavy atom. The van der Waals surface area contributed by atoms with Crippen LogP contribution < -0.4 is 15.6 Å². The fourth-order valence-electron chi connectivity index (χ4n) is 3.30.